The van der Waals surface area contributed by atoms with Crippen molar-refractivity contribution in [3.63, 3.8) is 0 Å². The predicted octanol–water partition coefficient (Wildman–Crippen LogP) is 2.70. The van der Waals surface area contributed by atoms with Gasteiger partial charge in [0.05, 0.1) is 12.7 Å². The van der Waals surface area contributed by atoms with Crippen molar-refractivity contribution in [1.82, 2.24) is 0 Å². The summed E-state index contributed by atoms with van der Waals surface area (Å²) in [5, 5.41) is 18.3. The molecule has 0 aliphatic rings. The largest absolute Gasteiger partial charge is 0.393 e. The molecule has 1 aromatic carbocycles. The van der Waals surface area contributed by atoms with Crippen LogP contribution in [0.2, 0.25) is 0 Å². The summed E-state index contributed by atoms with van der Waals surface area (Å²) in [5.74, 6) is 0. The average Bonchev–Trinajstić information content (AvgIpc) is 2.37. The summed E-state index contributed by atoms with van der Waals surface area (Å²) >= 11 is 0. The Balaban J connectivity index is 2.09. The minimum absolute atomic E-state index is 0.108. The topological polar surface area (TPSA) is 40.5 Å². The van der Waals surface area contributed by atoms with Crippen LogP contribution in [-0.4, -0.2) is 22.9 Å². The second-order valence-electron chi connectivity index (χ2n) is 4.26. The third-order valence-corrected chi connectivity index (χ3v) is 2.79. The maximum Gasteiger partial charge on any atom is 0.0612 e. The number of aliphatic hydroxyl groups excluding tert-OH is 2. The van der Waals surface area contributed by atoms with E-state index in [9.17, 15) is 5.11 Å². The predicted molar refractivity (Wildman–Crippen MR) is 70.8 cm³/mol. The van der Waals surface area contributed by atoms with E-state index in [2.05, 4.69) is 12.1 Å². The molecule has 0 spiro atoms. The number of benzene rings is 1. The second-order valence-corrected chi connectivity index (χ2v) is 4.26. The van der Waals surface area contributed by atoms with Crippen LogP contribution in [0, 0.1) is 0 Å². The summed E-state index contributed by atoms with van der Waals surface area (Å²) in [6, 6.07) is 10.3. The average molecular weight is 234 g/mol. The zero-order valence-corrected chi connectivity index (χ0v) is 10.3. The first kappa shape index (κ1) is 13.9. The van der Waals surface area contributed by atoms with Crippen LogP contribution in [0.5, 0.6) is 0 Å². The summed E-state index contributed by atoms with van der Waals surface area (Å²) < 4.78 is 0. The molecule has 0 aliphatic carbocycles. The summed E-state index contributed by atoms with van der Waals surface area (Å²) in [5.41, 5.74) is 1.28. The third-order valence-electron chi connectivity index (χ3n) is 2.79. The summed E-state index contributed by atoms with van der Waals surface area (Å²) in [4.78, 5) is 0. The van der Waals surface area contributed by atoms with E-state index in [0.29, 0.717) is 0 Å². The van der Waals surface area contributed by atoms with E-state index >= 15 is 0 Å². The molecule has 0 heterocycles. The van der Waals surface area contributed by atoms with Gasteiger partial charge in [-0.15, -0.1) is 0 Å². The maximum atomic E-state index is 9.79. The molecule has 1 unspecified atom stereocenters. The number of aliphatic hydroxyl groups is 2. The van der Waals surface area contributed by atoms with Gasteiger partial charge in [0.25, 0.3) is 0 Å². The van der Waals surface area contributed by atoms with Gasteiger partial charge in [0.1, 0.15) is 0 Å². The van der Waals surface area contributed by atoms with Crippen LogP contribution < -0.4 is 0 Å². The van der Waals surface area contributed by atoms with Crippen molar-refractivity contribution in [2.75, 3.05) is 6.61 Å². The van der Waals surface area contributed by atoms with E-state index in [4.69, 9.17) is 5.11 Å². The normalized spacial score (nSPS) is 13.1. The molecule has 0 aliphatic heterocycles. The number of hydrogen-bond donors (Lipinski definition) is 2. The number of rotatable bonds is 8. The molecule has 2 heteroatoms. The van der Waals surface area contributed by atoms with Gasteiger partial charge in [-0.25, -0.2) is 0 Å². The quantitative estimate of drug-likeness (QED) is 0.536. The molecule has 0 saturated carbocycles. The van der Waals surface area contributed by atoms with Crippen molar-refractivity contribution in [3.05, 3.63) is 48.0 Å². The Morgan fingerprint density at radius 2 is 1.82 bits per heavy atom. The molecule has 1 atom stereocenters. The van der Waals surface area contributed by atoms with Gasteiger partial charge in [-0.3, -0.25) is 0 Å². The molecule has 2 nitrogen and oxygen atoms in total. The monoisotopic (exact) mass is 234 g/mol. The second kappa shape index (κ2) is 8.97. The van der Waals surface area contributed by atoms with Gasteiger partial charge in [-0.1, -0.05) is 42.5 Å². The van der Waals surface area contributed by atoms with Gasteiger partial charge in [-0.05, 0) is 37.7 Å². The minimum atomic E-state index is -0.210. The molecule has 94 valence electrons. The van der Waals surface area contributed by atoms with Gasteiger partial charge in [0.2, 0.25) is 0 Å². The molecular weight excluding hydrogens is 212 g/mol. The summed E-state index contributed by atoms with van der Waals surface area (Å²) in [6.45, 7) is 0.108. The van der Waals surface area contributed by atoms with Crippen LogP contribution in [-0.2, 0) is 6.42 Å². The number of aryl methyl sites for hydroxylation is 1. The Morgan fingerprint density at radius 1 is 1.06 bits per heavy atom. The molecule has 17 heavy (non-hydrogen) atoms. The van der Waals surface area contributed by atoms with E-state index in [1.54, 1.807) is 6.08 Å². The van der Waals surface area contributed by atoms with E-state index in [1.165, 1.54) is 5.56 Å². The smallest absolute Gasteiger partial charge is 0.0612 e. The lowest BCUT2D eigenvalue weighted by atomic mass is 10.0. The Hall–Kier alpha value is -1.12. The standard InChI is InChI=1S/C15H22O2/c16-13-7-2-1-6-10-15(17)12-11-14-8-4-3-5-9-14/h2-5,7-9,15-17H,1,6,10-13H2/b7-2+. The van der Waals surface area contributed by atoms with Gasteiger partial charge in [0, 0.05) is 0 Å². The highest BCUT2D eigenvalue weighted by Crippen LogP contribution is 2.09. The molecule has 1 rings (SSSR count). The van der Waals surface area contributed by atoms with Crippen LogP contribution in [0.3, 0.4) is 0 Å². The van der Waals surface area contributed by atoms with Crippen LogP contribution in [0.25, 0.3) is 0 Å². The zero-order valence-electron chi connectivity index (χ0n) is 10.3. The lowest BCUT2D eigenvalue weighted by Crippen LogP contribution is -2.07. The first-order chi connectivity index (χ1) is 8.33. The van der Waals surface area contributed by atoms with Crippen LogP contribution in [0.15, 0.2) is 42.5 Å². The van der Waals surface area contributed by atoms with Crippen LogP contribution in [0.1, 0.15) is 31.2 Å². The summed E-state index contributed by atoms with van der Waals surface area (Å²) in [7, 11) is 0. The van der Waals surface area contributed by atoms with Crippen molar-refractivity contribution in [2.45, 2.75) is 38.2 Å². The first-order valence-electron chi connectivity index (χ1n) is 6.30. The molecule has 0 amide bonds. The Kier molecular flexibility index (Phi) is 7.35. The molecule has 0 radical (unpaired) electrons. The number of unbranched alkanes of at least 4 members (excludes halogenated alkanes) is 1. The van der Waals surface area contributed by atoms with Crippen molar-refractivity contribution >= 4 is 0 Å². The van der Waals surface area contributed by atoms with E-state index in [0.717, 1.165) is 32.1 Å². The van der Waals surface area contributed by atoms with E-state index in [-0.39, 0.29) is 12.7 Å². The lowest BCUT2D eigenvalue weighted by molar-refractivity contribution is 0.152. The van der Waals surface area contributed by atoms with Crippen LogP contribution in [0.4, 0.5) is 0 Å². The Morgan fingerprint density at radius 3 is 2.53 bits per heavy atom. The lowest BCUT2D eigenvalue weighted by Gasteiger charge is -2.09. The zero-order chi connectivity index (χ0) is 12.3. The van der Waals surface area contributed by atoms with E-state index in [1.807, 2.05) is 24.3 Å². The number of allylic oxidation sites excluding steroid dienone is 1. The first-order valence-corrected chi connectivity index (χ1v) is 6.30. The van der Waals surface area contributed by atoms with Crippen molar-refractivity contribution in [2.24, 2.45) is 0 Å². The van der Waals surface area contributed by atoms with Crippen molar-refractivity contribution in [1.29, 1.82) is 0 Å². The fourth-order valence-electron chi connectivity index (χ4n) is 1.79. The molecule has 0 saturated heterocycles. The van der Waals surface area contributed by atoms with Crippen LogP contribution >= 0.6 is 0 Å². The Bertz CT molecular complexity index is 306. The summed E-state index contributed by atoms with van der Waals surface area (Å²) in [6.07, 6.45) is 8.01. The molecular formula is C15H22O2. The minimum Gasteiger partial charge on any atom is -0.393 e. The fourth-order valence-corrected chi connectivity index (χ4v) is 1.79. The highest BCUT2D eigenvalue weighted by Gasteiger charge is 2.03. The van der Waals surface area contributed by atoms with E-state index < -0.39 is 0 Å². The third kappa shape index (κ3) is 6.93. The van der Waals surface area contributed by atoms with Gasteiger partial charge in [0.15, 0.2) is 0 Å². The fraction of sp³-hybridized carbons (Fsp3) is 0.467. The highest BCUT2D eigenvalue weighted by molar-refractivity contribution is 5.14. The molecule has 0 bridgehead atoms. The Labute approximate surface area is 104 Å². The molecule has 0 aromatic heterocycles. The van der Waals surface area contributed by atoms with Gasteiger partial charge >= 0.3 is 0 Å². The van der Waals surface area contributed by atoms with Crippen molar-refractivity contribution < 1.29 is 10.2 Å². The molecule has 1 aromatic rings. The van der Waals surface area contributed by atoms with Gasteiger partial charge in [-0.2, -0.15) is 0 Å². The number of hydrogen-bond acceptors (Lipinski definition) is 2. The van der Waals surface area contributed by atoms with Crippen molar-refractivity contribution in [3.8, 4) is 0 Å². The maximum absolute atomic E-state index is 9.79. The SMILES string of the molecule is OC/C=C/CCCC(O)CCc1ccccc1. The molecule has 0 fully saturated rings. The van der Waals surface area contributed by atoms with Gasteiger partial charge < -0.3 is 10.2 Å². The molecule has 2 N–H and O–H groups in total. The highest BCUT2D eigenvalue weighted by atomic mass is 16.3.